The third-order valence-electron chi connectivity index (χ3n) is 5.06. The first-order valence-corrected chi connectivity index (χ1v) is 8.98. The molecular weight excluding hydrogens is 357 g/mol. The Bertz CT molecular complexity index is 1120. The van der Waals surface area contributed by atoms with Gasteiger partial charge >= 0.3 is 0 Å². The predicted molar refractivity (Wildman–Crippen MR) is 106 cm³/mol. The molecule has 1 aliphatic carbocycles. The number of nitrogens with two attached hydrogens (primary N) is 1. The van der Waals surface area contributed by atoms with Crippen molar-refractivity contribution in [3.05, 3.63) is 70.9 Å². The molecule has 1 aliphatic rings. The van der Waals surface area contributed by atoms with E-state index in [4.69, 9.17) is 11.1 Å². The van der Waals surface area contributed by atoms with E-state index in [0.29, 0.717) is 46.7 Å². The van der Waals surface area contributed by atoms with Crippen LogP contribution in [0.1, 0.15) is 41.5 Å². The lowest BCUT2D eigenvalue weighted by Crippen LogP contribution is -2.35. The lowest BCUT2D eigenvalue weighted by atomic mass is 10.0. The van der Waals surface area contributed by atoms with Crippen LogP contribution in [0.5, 0.6) is 0 Å². The Morgan fingerprint density at radius 3 is 2.71 bits per heavy atom. The van der Waals surface area contributed by atoms with E-state index in [0.717, 1.165) is 11.6 Å². The largest absolute Gasteiger partial charge is 0.402 e. The van der Waals surface area contributed by atoms with Gasteiger partial charge in [0, 0.05) is 28.4 Å². The minimum atomic E-state index is -0.648. The van der Waals surface area contributed by atoms with Crippen molar-refractivity contribution in [2.75, 3.05) is 0 Å². The molecule has 1 saturated carbocycles. The Labute approximate surface area is 161 Å². The lowest BCUT2D eigenvalue weighted by molar-refractivity contribution is 0.0926. The normalized spacial score (nSPS) is 15.8. The summed E-state index contributed by atoms with van der Waals surface area (Å²) in [6.07, 6.45) is 2.56. The van der Waals surface area contributed by atoms with Gasteiger partial charge < -0.3 is 21.4 Å². The van der Waals surface area contributed by atoms with E-state index >= 15 is 0 Å². The summed E-state index contributed by atoms with van der Waals surface area (Å²) < 4.78 is 14.2. The van der Waals surface area contributed by atoms with Gasteiger partial charge in [-0.2, -0.15) is 0 Å². The number of pyridine rings is 1. The van der Waals surface area contributed by atoms with Crippen molar-refractivity contribution in [3.63, 3.8) is 0 Å². The molecule has 0 aliphatic heterocycles. The number of carbonyl (C=O) groups is 1. The van der Waals surface area contributed by atoms with Gasteiger partial charge in [0.15, 0.2) is 0 Å². The summed E-state index contributed by atoms with van der Waals surface area (Å²) in [6, 6.07) is 11.8. The fraction of sp³-hybridized carbons (Fsp3) is 0.190. The zero-order chi connectivity index (χ0) is 19.9. The molecule has 142 valence electrons. The zero-order valence-corrected chi connectivity index (χ0v) is 15.3. The van der Waals surface area contributed by atoms with Crippen LogP contribution in [0.4, 0.5) is 4.39 Å². The number of aromatic nitrogens is 2. The van der Waals surface area contributed by atoms with Crippen LogP contribution in [0, 0.1) is 11.2 Å². The fourth-order valence-electron chi connectivity index (χ4n) is 3.39. The zero-order valence-electron chi connectivity index (χ0n) is 15.3. The summed E-state index contributed by atoms with van der Waals surface area (Å²) in [4.78, 5) is 20.3. The number of H-pyrrole nitrogens is 1. The Morgan fingerprint density at radius 2 is 2.07 bits per heavy atom. The summed E-state index contributed by atoms with van der Waals surface area (Å²) in [6.45, 7) is 1.71. The van der Waals surface area contributed by atoms with Crippen LogP contribution in [0.25, 0.3) is 16.6 Å². The minimum absolute atomic E-state index is 0.307. The molecule has 0 atom stereocenters. The summed E-state index contributed by atoms with van der Waals surface area (Å²) in [5, 5.41) is 11.2. The highest BCUT2D eigenvalue weighted by atomic mass is 19.1. The maximum atomic E-state index is 14.2. The molecule has 1 fully saturated rings. The molecule has 2 aromatic heterocycles. The number of nitrogens with one attached hydrogen (secondary N) is 3. The van der Waals surface area contributed by atoms with E-state index in [1.807, 2.05) is 6.07 Å². The molecule has 4 rings (SSSR count). The maximum absolute atomic E-state index is 14.2. The molecule has 5 N–H and O–H groups in total. The highest BCUT2D eigenvalue weighted by Gasteiger charge is 2.47. The van der Waals surface area contributed by atoms with Gasteiger partial charge in [-0.05, 0) is 44.0 Å². The number of benzene rings is 1. The fourth-order valence-corrected chi connectivity index (χ4v) is 3.39. The maximum Gasteiger partial charge on any atom is 0.268 e. The third-order valence-corrected chi connectivity index (χ3v) is 5.06. The standard InChI is InChI=1S/C21H20FN5O/c1-12(24)14(11-23)17-7-6-13-10-18(26-19(13)25-17)20(28)27-21(8-9-21)15-4-2-3-5-16(15)22/h2-7,10-11,23H,8-9,24H2,1H3,(H,25,26)(H,27,28)/b14-12+,23-11?. The molecule has 6 nitrogen and oxygen atoms in total. The van der Waals surface area contributed by atoms with Crippen molar-refractivity contribution in [1.29, 1.82) is 5.41 Å². The molecule has 28 heavy (non-hydrogen) atoms. The molecule has 1 amide bonds. The van der Waals surface area contributed by atoms with Gasteiger partial charge in [-0.3, -0.25) is 4.79 Å². The van der Waals surface area contributed by atoms with Crippen molar-refractivity contribution in [1.82, 2.24) is 15.3 Å². The Balaban J connectivity index is 1.63. The van der Waals surface area contributed by atoms with Gasteiger partial charge in [0.05, 0.1) is 11.2 Å². The molecule has 0 unspecified atom stereocenters. The first-order valence-electron chi connectivity index (χ1n) is 8.98. The number of nitrogens with zero attached hydrogens (tertiary/aromatic N) is 1. The van der Waals surface area contributed by atoms with Crippen LogP contribution >= 0.6 is 0 Å². The van der Waals surface area contributed by atoms with E-state index in [2.05, 4.69) is 15.3 Å². The molecule has 0 saturated heterocycles. The van der Waals surface area contributed by atoms with E-state index in [1.165, 1.54) is 6.07 Å². The molecule has 3 aromatic rings. The van der Waals surface area contributed by atoms with Crippen LogP contribution < -0.4 is 11.1 Å². The molecule has 0 bridgehead atoms. The topological polar surface area (TPSA) is 108 Å². The second-order valence-corrected chi connectivity index (χ2v) is 7.07. The number of hydrogen-bond donors (Lipinski definition) is 4. The second-order valence-electron chi connectivity index (χ2n) is 7.07. The summed E-state index contributed by atoms with van der Waals surface area (Å²) in [5.74, 6) is -0.621. The number of carbonyl (C=O) groups excluding carboxylic acids is 1. The average Bonchev–Trinajstić information content (AvgIpc) is 3.30. The second kappa shape index (κ2) is 6.60. The van der Waals surface area contributed by atoms with Crippen molar-refractivity contribution < 1.29 is 9.18 Å². The summed E-state index contributed by atoms with van der Waals surface area (Å²) in [7, 11) is 0. The number of fused-ring (bicyclic) bond motifs is 1. The van der Waals surface area contributed by atoms with Gasteiger partial charge in [0.2, 0.25) is 0 Å². The number of aromatic amines is 1. The van der Waals surface area contributed by atoms with Crippen molar-refractivity contribution in [3.8, 4) is 0 Å². The molecule has 2 heterocycles. The summed E-state index contributed by atoms with van der Waals surface area (Å²) >= 11 is 0. The number of hydrogen-bond acceptors (Lipinski definition) is 4. The average molecular weight is 377 g/mol. The van der Waals surface area contributed by atoms with Gasteiger partial charge in [-0.15, -0.1) is 0 Å². The summed E-state index contributed by atoms with van der Waals surface area (Å²) in [5.41, 5.74) is 8.13. The SMILES string of the molecule is C/C(N)=C(/C=N)c1ccc2cc(C(=O)NC3(c4ccccc4F)CC3)[nH]c2n1. The number of halogens is 1. The van der Waals surface area contributed by atoms with Gasteiger partial charge in [-0.1, -0.05) is 18.2 Å². The van der Waals surface area contributed by atoms with E-state index in [1.54, 1.807) is 37.3 Å². The highest BCUT2D eigenvalue weighted by molar-refractivity contribution is 6.09. The predicted octanol–water partition coefficient (Wildman–Crippen LogP) is 3.46. The van der Waals surface area contributed by atoms with E-state index < -0.39 is 5.54 Å². The van der Waals surface area contributed by atoms with E-state index in [9.17, 15) is 9.18 Å². The number of rotatable bonds is 5. The molecular formula is C21H20FN5O. The molecule has 0 spiro atoms. The molecule has 0 radical (unpaired) electrons. The van der Waals surface area contributed by atoms with Crippen LogP contribution in [0.2, 0.25) is 0 Å². The first kappa shape index (κ1) is 17.9. The smallest absolute Gasteiger partial charge is 0.268 e. The first-order chi connectivity index (χ1) is 13.4. The molecule has 7 heteroatoms. The lowest BCUT2D eigenvalue weighted by Gasteiger charge is -2.18. The quantitative estimate of drug-likeness (QED) is 0.511. The van der Waals surface area contributed by atoms with Gasteiger partial charge in [-0.25, -0.2) is 9.37 Å². The van der Waals surface area contributed by atoms with Crippen molar-refractivity contribution in [2.45, 2.75) is 25.3 Å². The third kappa shape index (κ3) is 3.05. The van der Waals surface area contributed by atoms with Gasteiger partial charge in [0.25, 0.3) is 5.91 Å². The van der Waals surface area contributed by atoms with Crippen molar-refractivity contribution >= 4 is 28.7 Å². The Morgan fingerprint density at radius 1 is 1.32 bits per heavy atom. The number of amides is 1. The monoisotopic (exact) mass is 377 g/mol. The van der Waals surface area contributed by atoms with E-state index in [-0.39, 0.29) is 11.7 Å². The number of allylic oxidation sites excluding steroid dienone is 2. The van der Waals surface area contributed by atoms with Crippen LogP contribution in [0.3, 0.4) is 0 Å². The Hall–Kier alpha value is -3.48. The van der Waals surface area contributed by atoms with Crippen LogP contribution in [-0.4, -0.2) is 22.1 Å². The van der Waals surface area contributed by atoms with Crippen LogP contribution in [-0.2, 0) is 5.54 Å². The Kier molecular flexibility index (Phi) is 4.22. The minimum Gasteiger partial charge on any atom is -0.402 e. The highest BCUT2D eigenvalue weighted by Crippen LogP contribution is 2.46. The van der Waals surface area contributed by atoms with Crippen molar-refractivity contribution in [2.24, 2.45) is 5.73 Å². The van der Waals surface area contributed by atoms with Crippen LogP contribution in [0.15, 0.2) is 48.2 Å². The molecule has 1 aromatic carbocycles. The van der Waals surface area contributed by atoms with Gasteiger partial charge in [0.1, 0.15) is 17.2 Å².